The lowest BCUT2D eigenvalue weighted by atomic mass is 10.2. The van der Waals surface area contributed by atoms with Gasteiger partial charge in [0, 0.05) is 18.4 Å². The van der Waals surface area contributed by atoms with Crippen LogP contribution in [-0.2, 0) is 13.1 Å². The van der Waals surface area contributed by atoms with E-state index in [1.54, 1.807) is 7.11 Å². The van der Waals surface area contributed by atoms with Crippen molar-refractivity contribution in [2.45, 2.75) is 26.9 Å². The van der Waals surface area contributed by atoms with Gasteiger partial charge in [-0.15, -0.1) is 24.0 Å². The molecule has 0 aliphatic rings. The molecule has 3 aromatic rings. The van der Waals surface area contributed by atoms with Crippen molar-refractivity contribution in [1.29, 1.82) is 0 Å². The average molecular weight is 479 g/mol. The molecule has 27 heavy (non-hydrogen) atoms. The molecule has 3 rings (SSSR count). The van der Waals surface area contributed by atoms with Crippen molar-refractivity contribution in [1.82, 2.24) is 20.0 Å². The quantitative estimate of drug-likeness (QED) is 0.323. The molecular weight excluding hydrogens is 453 g/mol. The van der Waals surface area contributed by atoms with Crippen LogP contribution in [0.25, 0.3) is 5.65 Å². The first kappa shape index (κ1) is 21.0. The van der Waals surface area contributed by atoms with E-state index in [2.05, 4.69) is 51.1 Å². The van der Waals surface area contributed by atoms with Gasteiger partial charge in [0.2, 0.25) is 0 Å². The number of guanidine groups is 1. The number of benzene rings is 1. The van der Waals surface area contributed by atoms with Gasteiger partial charge in [-0.1, -0.05) is 18.2 Å². The van der Waals surface area contributed by atoms with Gasteiger partial charge < -0.3 is 19.8 Å². The topological polar surface area (TPSA) is 63.0 Å². The number of hydrogen-bond acceptors (Lipinski definition) is 3. The van der Waals surface area contributed by atoms with Crippen molar-refractivity contribution < 1.29 is 4.74 Å². The largest absolute Gasteiger partial charge is 0.497 e. The summed E-state index contributed by atoms with van der Waals surface area (Å²) in [5.74, 6) is 1.61. The fourth-order valence-electron chi connectivity index (χ4n) is 2.74. The number of fused-ring (bicyclic) bond motifs is 1. The van der Waals surface area contributed by atoms with Crippen LogP contribution in [0.15, 0.2) is 53.7 Å². The Morgan fingerprint density at radius 1 is 1.19 bits per heavy atom. The van der Waals surface area contributed by atoms with E-state index in [0.717, 1.165) is 35.2 Å². The molecule has 0 atom stereocenters. The van der Waals surface area contributed by atoms with E-state index >= 15 is 0 Å². The van der Waals surface area contributed by atoms with Crippen LogP contribution in [0.1, 0.15) is 23.9 Å². The van der Waals surface area contributed by atoms with Gasteiger partial charge >= 0.3 is 0 Å². The summed E-state index contributed by atoms with van der Waals surface area (Å²) in [6.07, 6.45) is 2.06. The van der Waals surface area contributed by atoms with E-state index in [1.165, 1.54) is 5.69 Å². The van der Waals surface area contributed by atoms with Crippen LogP contribution in [0.4, 0.5) is 0 Å². The smallest absolute Gasteiger partial charge is 0.191 e. The molecule has 2 heterocycles. The lowest BCUT2D eigenvalue weighted by Crippen LogP contribution is -2.36. The number of ether oxygens (including phenoxy) is 1. The molecule has 1 aromatic carbocycles. The van der Waals surface area contributed by atoms with Gasteiger partial charge in [0.05, 0.1) is 25.9 Å². The predicted molar refractivity (Wildman–Crippen MR) is 120 cm³/mol. The highest BCUT2D eigenvalue weighted by Crippen LogP contribution is 2.13. The molecule has 0 spiro atoms. The van der Waals surface area contributed by atoms with Crippen LogP contribution in [-0.4, -0.2) is 29.0 Å². The summed E-state index contributed by atoms with van der Waals surface area (Å²) in [4.78, 5) is 9.30. The second-order valence-electron chi connectivity index (χ2n) is 6.03. The van der Waals surface area contributed by atoms with Crippen molar-refractivity contribution >= 4 is 35.6 Å². The van der Waals surface area contributed by atoms with Gasteiger partial charge in [-0.2, -0.15) is 0 Å². The van der Waals surface area contributed by atoms with Gasteiger partial charge in [0.15, 0.2) is 5.96 Å². The maximum absolute atomic E-state index is 5.26. The van der Waals surface area contributed by atoms with Crippen LogP contribution in [0.3, 0.4) is 0 Å². The Bertz CT molecular complexity index is 906. The highest BCUT2D eigenvalue weighted by atomic mass is 127. The molecule has 7 heteroatoms. The lowest BCUT2D eigenvalue weighted by molar-refractivity contribution is 0.414. The number of aryl methyl sites for hydroxylation is 1. The maximum atomic E-state index is 5.26. The van der Waals surface area contributed by atoms with E-state index < -0.39 is 0 Å². The van der Waals surface area contributed by atoms with Crippen molar-refractivity contribution in [3.05, 3.63) is 65.6 Å². The summed E-state index contributed by atoms with van der Waals surface area (Å²) in [6.45, 7) is 6.12. The average Bonchev–Trinajstić information content (AvgIpc) is 3.09. The molecule has 0 aliphatic carbocycles. The monoisotopic (exact) mass is 479 g/mol. The van der Waals surface area contributed by atoms with Crippen molar-refractivity contribution in [3.63, 3.8) is 0 Å². The normalized spacial score (nSPS) is 11.1. The maximum Gasteiger partial charge on any atom is 0.191 e. The summed E-state index contributed by atoms with van der Waals surface area (Å²) in [5.41, 5.74) is 4.20. The van der Waals surface area contributed by atoms with Crippen LogP contribution in [0, 0.1) is 6.92 Å². The minimum absolute atomic E-state index is 0. The van der Waals surface area contributed by atoms with Crippen molar-refractivity contribution in [3.8, 4) is 5.75 Å². The standard InChI is InChI=1S/C20H25N5O.HI/c1-4-21-20(22-12-16-8-6-9-18(11-16)26-3)23-13-17-14-25-15(2)7-5-10-19(25)24-17;/h5-11,14H,4,12-13H2,1-3H3,(H2,21,22,23);1H. The number of methoxy groups -OCH3 is 1. The highest BCUT2D eigenvalue weighted by molar-refractivity contribution is 14.0. The number of nitrogens with zero attached hydrogens (tertiary/aromatic N) is 3. The van der Waals surface area contributed by atoms with Crippen molar-refractivity contribution in [2.24, 2.45) is 4.99 Å². The van der Waals surface area contributed by atoms with Gasteiger partial charge in [0.1, 0.15) is 11.4 Å². The highest BCUT2D eigenvalue weighted by Gasteiger charge is 2.04. The van der Waals surface area contributed by atoms with Gasteiger partial charge in [-0.05, 0) is 43.7 Å². The van der Waals surface area contributed by atoms with E-state index in [1.807, 2.05) is 36.4 Å². The zero-order chi connectivity index (χ0) is 18.4. The molecule has 0 fully saturated rings. The minimum atomic E-state index is 0. The van der Waals surface area contributed by atoms with E-state index in [-0.39, 0.29) is 24.0 Å². The Kier molecular flexibility index (Phi) is 7.90. The summed E-state index contributed by atoms with van der Waals surface area (Å²) < 4.78 is 7.36. The molecule has 0 saturated carbocycles. The Hall–Kier alpha value is -2.29. The number of imidazole rings is 1. The molecule has 0 unspecified atom stereocenters. The third kappa shape index (κ3) is 5.59. The zero-order valence-electron chi connectivity index (χ0n) is 15.9. The first-order valence-corrected chi connectivity index (χ1v) is 8.78. The Morgan fingerprint density at radius 2 is 2.00 bits per heavy atom. The first-order chi connectivity index (χ1) is 12.7. The van der Waals surface area contributed by atoms with Gasteiger partial charge in [-0.25, -0.2) is 9.98 Å². The lowest BCUT2D eigenvalue weighted by Gasteiger charge is -2.10. The van der Waals surface area contributed by atoms with Crippen LogP contribution in [0.5, 0.6) is 5.75 Å². The summed E-state index contributed by atoms with van der Waals surface area (Å²) in [7, 11) is 1.67. The fraction of sp³-hybridized carbons (Fsp3) is 0.300. The SMILES string of the molecule is CCNC(=NCc1cccc(OC)c1)NCc1cn2c(C)cccc2n1.I. The number of pyridine rings is 1. The van der Waals surface area contributed by atoms with E-state index in [0.29, 0.717) is 13.1 Å². The molecule has 144 valence electrons. The number of aromatic nitrogens is 2. The second-order valence-corrected chi connectivity index (χ2v) is 6.03. The second kappa shape index (κ2) is 10.1. The summed E-state index contributed by atoms with van der Waals surface area (Å²) in [6, 6.07) is 14.1. The van der Waals surface area contributed by atoms with Crippen LogP contribution >= 0.6 is 24.0 Å². The third-order valence-corrected chi connectivity index (χ3v) is 4.08. The molecule has 0 saturated heterocycles. The zero-order valence-corrected chi connectivity index (χ0v) is 18.2. The molecule has 2 aromatic heterocycles. The molecule has 0 radical (unpaired) electrons. The minimum Gasteiger partial charge on any atom is -0.497 e. The number of rotatable bonds is 6. The Balaban J connectivity index is 0.00000261. The summed E-state index contributed by atoms with van der Waals surface area (Å²) in [5, 5.41) is 6.62. The molecule has 2 N–H and O–H groups in total. The van der Waals surface area contributed by atoms with Crippen LogP contribution < -0.4 is 15.4 Å². The molecule has 0 bridgehead atoms. The fourth-order valence-corrected chi connectivity index (χ4v) is 2.74. The molecule has 0 amide bonds. The number of halogens is 1. The third-order valence-electron chi connectivity index (χ3n) is 4.08. The molecule has 6 nitrogen and oxygen atoms in total. The van der Waals surface area contributed by atoms with Crippen LogP contribution in [0.2, 0.25) is 0 Å². The molecule has 0 aliphatic heterocycles. The molecular formula is C20H26IN5O. The van der Waals surface area contributed by atoms with Gasteiger partial charge in [-0.3, -0.25) is 0 Å². The number of hydrogen-bond donors (Lipinski definition) is 2. The predicted octanol–water partition coefficient (Wildman–Crippen LogP) is 3.52. The first-order valence-electron chi connectivity index (χ1n) is 8.78. The van der Waals surface area contributed by atoms with E-state index in [9.17, 15) is 0 Å². The number of nitrogens with one attached hydrogen (secondary N) is 2. The van der Waals surface area contributed by atoms with E-state index in [4.69, 9.17) is 4.74 Å². The summed E-state index contributed by atoms with van der Waals surface area (Å²) >= 11 is 0. The van der Waals surface area contributed by atoms with Crippen molar-refractivity contribution in [2.75, 3.05) is 13.7 Å². The number of aliphatic imine (C=N–C) groups is 1. The Morgan fingerprint density at radius 3 is 2.74 bits per heavy atom. The Labute approximate surface area is 177 Å². The van der Waals surface area contributed by atoms with Gasteiger partial charge in [0.25, 0.3) is 0 Å².